The largest absolute Gasteiger partial charge is 0.458 e. The van der Waals surface area contributed by atoms with E-state index in [2.05, 4.69) is 4.74 Å². The minimum atomic E-state index is -1.26. The van der Waals surface area contributed by atoms with Gasteiger partial charge >= 0.3 is 11.7 Å². The Labute approximate surface area is 81.3 Å². The van der Waals surface area contributed by atoms with Gasteiger partial charge < -0.3 is 14.7 Å². The molecule has 0 fully saturated rings. The molecule has 0 aliphatic carbocycles. The van der Waals surface area contributed by atoms with Crippen LogP contribution in [0.15, 0.2) is 0 Å². The molecule has 0 saturated carbocycles. The van der Waals surface area contributed by atoms with Crippen molar-refractivity contribution in [2.45, 2.75) is 32.5 Å². The number of carbonyl (C=O) groups excluding carboxylic acids is 1. The van der Waals surface area contributed by atoms with E-state index in [0.717, 1.165) is 0 Å². The van der Waals surface area contributed by atoms with E-state index in [1.165, 1.54) is 13.8 Å². The lowest BCUT2D eigenvalue weighted by Crippen LogP contribution is -2.41. The van der Waals surface area contributed by atoms with Crippen molar-refractivity contribution in [3.8, 4) is 0 Å². The second-order valence-electron chi connectivity index (χ2n) is 3.46. The average Bonchev–Trinajstić information content (AvgIpc) is 2.22. The normalized spacial score (nSPS) is 24.7. The Hall–Kier alpha value is -1.30. The molecule has 1 N–H and O–H groups in total. The minimum absolute atomic E-state index is 0.0165. The molecule has 0 amide bonds. The monoisotopic (exact) mass is 203 g/mol. The molecule has 80 valence electrons. The van der Waals surface area contributed by atoms with Gasteiger partial charge in [0.1, 0.15) is 5.60 Å². The Morgan fingerprint density at radius 2 is 2.36 bits per heavy atom. The van der Waals surface area contributed by atoms with Crippen molar-refractivity contribution >= 4 is 11.7 Å². The van der Waals surface area contributed by atoms with Crippen molar-refractivity contribution in [1.29, 1.82) is 0 Å². The molecule has 1 aliphatic rings. The smallest absolute Gasteiger partial charge is 0.408 e. The Kier molecular flexibility index (Phi) is 2.66. The maximum Gasteiger partial charge on any atom is 0.408 e. The fraction of sp³-hybridized carbons (Fsp3) is 0.750. The highest BCUT2D eigenvalue weighted by atomic mass is 16.9. The number of hydrogen-bond acceptors (Lipinski definition) is 5. The van der Waals surface area contributed by atoms with Crippen LogP contribution in [0.3, 0.4) is 0 Å². The zero-order valence-corrected chi connectivity index (χ0v) is 8.31. The predicted molar refractivity (Wildman–Crippen MR) is 46.4 cm³/mol. The van der Waals surface area contributed by atoms with Gasteiger partial charge in [-0.3, -0.25) is 5.21 Å². The molecule has 1 aliphatic heterocycles. The minimum Gasteiger partial charge on any atom is -0.458 e. The third-order valence-electron chi connectivity index (χ3n) is 1.92. The summed E-state index contributed by atoms with van der Waals surface area (Å²) in [5.41, 5.74) is -1.50. The van der Waals surface area contributed by atoms with Gasteiger partial charge in [-0.05, 0) is 20.8 Å². The van der Waals surface area contributed by atoms with Crippen LogP contribution < -0.4 is 0 Å². The number of aliphatic hydroxyl groups excluding tert-OH is 1. The molecular formula is C8H13NO5. The summed E-state index contributed by atoms with van der Waals surface area (Å²) in [6.45, 7) is 4.77. The molecule has 0 saturated heterocycles. The number of carbonyl (C=O) groups is 1. The lowest BCUT2D eigenvalue weighted by Gasteiger charge is -2.21. The van der Waals surface area contributed by atoms with E-state index in [1.54, 1.807) is 6.92 Å². The molecule has 0 aromatic carbocycles. The molecule has 0 aromatic heterocycles. The number of ether oxygens (including phenoxy) is 1. The first kappa shape index (κ1) is 10.8. The molecule has 0 aromatic rings. The average molecular weight is 203 g/mol. The van der Waals surface area contributed by atoms with Crippen molar-refractivity contribution < 1.29 is 24.4 Å². The van der Waals surface area contributed by atoms with Crippen LogP contribution in [0.5, 0.6) is 0 Å². The number of nitrogens with zero attached hydrogens (tertiary/aromatic N) is 1. The third kappa shape index (κ3) is 1.65. The molecule has 0 bridgehead atoms. The van der Waals surface area contributed by atoms with Gasteiger partial charge in [-0.2, -0.15) is 0 Å². The fourth-order valence-electron chi connectivity index (χ4n) is 1.13. The lowest BCUT2D eigenvalue weighted by molar-refractivity contribution is -0.750. The van der Waals surface area contributed by atoms with E-state index in [9.17, 15) is 15.1 Å². The van der Waals surface area contributed by atoms with Crippen molar-refractivity contribution in [1.82, 2.24) is 0 Å². The molecule has 1 heterocycles. The molecule has 1 atom stereocenters. The van der Waals surface area contributed by atoms with Crippen LogP contribution in [0.1, 0.15) is 20.8 Å². The summed E-state index contributed by atoms with van der Waals surface area (Å²) in [5, 5.41) is 20.7. The zero-order chi connectivity index (χ0) is 10.9. The SMILES string of the molecule is CCOC(=O)C1=[N+]([O-])OC(C)(C)C1O. The van der Waals surface area contributed by atoms with E-state index < -0.39 is 23.4 Å². The van der Waals surface area contributed by atoms with Crippen LogP contribution in [-0.4, -0.2) is 40.0 Å². The first-order valence-electron chi connectivity index (χ1n) is 4.28. The van der Waals surface area contributed by atoms with Crippen LogP contribution in [-0.2, 0) is 14.4 Å². The molecule has 6 nitrogen and oxygen atoms in total. The maximum atomic E-state index is 11.2. The van der Waals surface area contributed by atoms with Gasteiger partial charge in [-0.1, -0.05) is 0 Å². The van der Waals surface area contributed by atoms with Gasteiger partial charge in [-0.25, -0.2) is 4.79 Å². The van der Waals surface area contributed by atoms with E-state index in [4.69, 9.17) is 4.84 Å². The molecule has 6 heteroatoms. The number of rotatable bonds is 2. The number of aliphatic hydroxyl groups is 1. The maximum absolute atomic E-state index is 11.2. The highest BCUT2D eigenvalue weighted by Gasteiger charge is 2.49. The van der Waals surface area contributed by atoms with Crippen molar-refractivity contribution in [2.75, 3.05) is 6.61 Å². The van der Waals surface area contributed by atoms with Crippen LogP contribution in [0.2, 0.25) is 0 Å². The Balaban J connectivity index is 2.88. The van der Waals surface area contributed by atoms with Gasteiger partial charge in [0.05, 0.1) is 11.5 Å². The summed E-state index contributed by atoms with van der Waals surface area (Å²) in [7, 11) is 0. The molecule has 0 radical (unpaired) electrons. The third-order valence-corrected chi connectivity index (χ3v) is 1.92. The molecule has 14 heavy (non-hydrogen) atoms. The molecule has 0 spiro atoms. The van der Waals surface area contributed by atoms with Crippen LogP contribution in [0.25, 0.3) is 0 Å². The van der Waals surface area contributed by atoms with Gasteiger partial charge in [0, 0.05) is 0 Å². The summed E-state index contributed by atoms with van der Waals surface area (Å²) in [6, 6.07) is 0. The van der Waals surface area contributed by atoms with Gasteiger partial charge in [0.25, 0.3) is 0 Å². The Bertz CT molecular complexity index is 283. The summed E-state index contributed by atoms with van der Waals surface area (Å²) in [6.07, 6.45) is -1.26. The van der Waals surface area contributed by atoms with Crippen molar-refractivity contribution in [2.24, 2.45) is 0 Å². The van der Waals surface area contributed by atoms with E-state index >= 15 is 0 Å². The summed E-state index contributed by atoms with van der Waals surface area (Å²) in [4.78, 5) is 16.0. The standard InChI is InChI=1S/C8H13NO5/c1-4-13-7(11)5-6(10)8(2,3)14-9(5)12/h6,10H,4H2,1-3H3. The number of hydrogen-bond donors (Lipinski definition) is 1. The predicted octanol–water partition coefficient (Wildman–Crippen LogP) is -0.415. The summed E-state index contributed by atoms with van der Waals surface area (Å²) < 4.78 is 4.60. The highest BCUT2D eigenvalue weighted by molar-refractivity contribution is 6.36. The van der Waals surface area contributed by atoms with Gasteiger partial charge in [0.2, 0.25) is 0 Å². The van der Waals surface area contributed by atoms with Crippen LogP contribution in [0.4, 0.5) is 0 Å². The van der Waals surface area contributed by atoms with Crippen molar-refractivity contribution in [3.63, 3.8) is 0 Å². The topological polar surface area (TPSA) is 81.8 Å². The first-order valence-corrected chi connectivity index (χ1v) is 4.28. The van der Waals surface area contributed by atoms with Gasteiger partial charge in [-0.15, -0.1) is 0 Å². The van der Waals surface area contributed by atoms with Gasteiger partial charge in [0.15, 0.2) is 6.10 Å². The fourth-order valence-corrected chi connectivity index (χ4v) is 1.13. The zero-order valence-electron chi connectivity index (χ0n) is 8.31. The summed E-state index contributed by atoms with van der Waals surface area (Å²) in [5.74, 6) is -0.847. The molecular weight excluding hydrogens is 190 g/mol. The highest BCUT2D eigenvalue weighted by Crippen LogP contribution is 2.22. The van der Waals surface area contributed by atoms with E-state index in [0.29, 0.717) is 0 Å². The van der Waals surface area contributed by atoms with E-state index in [-0.39, 0.29) is 11.5 Å². The Morgan fingerprint density at radius 1 is 1.79 bits per heavy atom. The second-order valence-corrected chi connectivity index (χ2v) is 3.46. The number of esters is 1. The molecule has 1 unspecified atom stereocenters. The summed E-state index contributed by atoms with van der Waals surface area (Å²) >= 11 is 0. The van der Waals surface area contributed by atoms with Crippen LogP contribution in [0, 0.1) is 5.21 Å². The lowest BCUT2D eigenvalue weighted by atomic mass is 9.99. The van der Waals surface area contributed by atoms with E-state index in [1.807, 2.05) is 0 Å². The van der Waals surface area contributed by atoms with Crippen LogP contribution >= 0.6 is 0 Å². The first-order chi connectivity index (χ1) is 6.40. The quantitative estimate of drug-likeness (QED) is 0.487. The second kappa shape index (κ2) is 3.45. The Morgan fingerprint density at radius 3 is 2.71 bits per heavy atom. The molecule has 1 rings (SSSR count). The van der Waals surface area contributed by atoms with Crippen molar-refractivity contribution in [3.05, 3.63) is 5.21 Å².